The summed E-state index contributed by atoms with van der Waals surface area (Å²) < 4.78 is 1.89. The fraction of sp³-hybridized carbons (Fsp3) is 0.136. The highest BCUT2D eigenvalue weighted by molar-refractivity contribution is 7.08. The van der Waals surface area contributed by atoms with Crippen molar-refractivity contribution < 1.29 is 4.79 Å². The topological polar surface area (TPSA) is 50.5 Å². The van der Waals surface area contributed by atoms with E-state index in [0.717, 1.165) is 33.8 Å². The van der Waals surface area contributed by atoms with E-state index in [-0.39, 0.29) is 11.9 Å². The predicted octanol–water partition coefficient (Wildman–Crippen LogP) is 5.36. The zero-order valence-corrected chi connectivity index (χ0v) is 17.4. The lowest BCUT2D eigenvalue weighted by atomic mass is 9.98. The van der Waals surface area contributed by atoms with Crippen LogP contribution in [-0.4, -0.2) is 26.4 Å². The van der Waals surface area contributed by atoms with Crippen molar-refractivity contribution in [2.24, 2.45) is 5.10 Å². The van der Waals surface area contributed by atoms with E-state index in [1.807, 2.05) is 52.0 Å². The number of hydrogen-bond donors (Lipinski definition) is 0. The van der Waals surface area contributed by atoms with Crippen molar-refractivity contribution in [3.05, 3.63) is 81.3 Å². The SMILES string of the molecule is CC(=O)N1N=C(c2ccsc2)C[C@H]1c1cn(-c2ccccc2)nc1-c1ccsc1. The Kier molecular flexibility index (Phi) is 4.61. The molecule has 1 amide bonds. The molecule has 0 radical (unpaired) electrons. The minimum absolute atomic E-state index is 0.0658. The van der Waals surface area contributed by atoms with Gasteiger partial charge in [-0.1, -0.05) is 18.2 Å². The lowest BCUT2D eigenvalue weighted by molar-refractivity contribution is -0.130. The number of hydrogen-bond acceptors (Lipinski definition) is 5. The molecule has 1 aromatic carbocycles. The van der Waals surface area contributed by atoms with Crippen molar-refractivity contribution in [2.75, 3.05) is 0 Å². The summed E-state index contributed by atoms with van der Waals surface area (Å²) in [6.45, 7) is 1.57. The normalized spacial score (nSPS) is 16.2. The fourth-order valence-corrected chi connectivity index (χ4v) is 4.92. The van der Waals surface area contributed by atoms with Gasteiger partial charge in [0.1, 0.15) is 0 Å². The third kappa shape index (κ3) is 3.32. The Bertz CT molecular complexity index is 1160. The molecule has 0 unspecified atom stereocenters. The van der Waals surface area contributed by atoms with Crippen LogP contribution in [0.3, 0.4) is 0 Å². The molecule has 7 heteroatoms. The van der Waals surface area contributed by atoms with Gasteiger partial charge in [0.2, 0.25) is 5.91 Å². The van der Waals surface area contributed by atoms with Gasteiger partial charge in [-0.25, -0.2) is 9.69 Å². The number of para-hydroxylation sites is 1. The average Bonchev–Trinajstić information content (AvgIpc) is 3.54. The zero-order chi connectivity index (χ0) is 19.8. The first-order chi connectivity index (χ1) is 14.2. The standard InChI is InChI=1S/C22H18N4OS2/c1-15(27)26-21(11-20(23-26)16-7-9-28-13-16)19-12-25(18-5-3-2-4-6-18)24-22(19)17-8-10-29-14-17/h2-10,12-14,21H,11H2,1H3/t21-/m0/s1. The second-order valence-electron chi connectivity index (χ2n) is 6.87. The summed E-state index contributed by atoms with van der Waals surface area (Å²) in [6, 6.07) is 14.0. The Morgan fingerprint density at radius 1 is 1.03 bits per heavy atom. The van der Waals surface area contributed by atoms with E-state index in [1.165, 1.54) is 0 Å². The first-order valence-electron chi connectivity index (χ1n) is 9.28. The lowest BCUT2D eigenvalue weighted by Crippen LogP contribution is -2.24. The smallest absolute Gasteiger partial charge is 0.240 e. The summed E-state index contributed by atoms with van der Waals surface area (Å²) >= 11 is 3.28. The number of hydrazone groups is 1. The van der Waals surface area contributed by atoms with Crippen molar-refractivity contribution in [3.8, 4) is 16.9 Å². The number of thiophene rings is 2. The van der Waals surface area contributed by atoms with Gasteiger partial charge in [0, 0.05) is 41.6 Å². The Hall–Kier alpha value is -3.03. The average molecular weight is 419 g/mol. The Morgan fingerprint density at radius 3 is 2.41 bits per heavy atom. The molecule has 0 spiro atoms. The zero-order valence-electron chi connectivity index (χ0n) is 15.7. The number of carbonyl (C=O) groups excluding carboxylic acids is 1. The van der Waals surface area contributed by atoms with Crippen molar-refractivity contribution in [1.29, 1.82) is 0 Å². The van der Waals surface area contributed by atoms with Gasteiger partial charge in [-0.2, -0.15) is 32.9 Å². The van der Waals surface area contributed by atoms with Crippen LogP contribution in [-0.2, 0) is 4.79 Å². The van der Waals surface area contributed by atoms with E-state index < -0.39 is 0 Å². The van der Waals surface area contributed by atoms with E-state index in [2.05, 4.69) is 28.0 Å². The minimum Gasteiger partial charge on any atom is -0.273 e. The van der Waals surface area contributed by atoms with Gasteiger partial charge in [0.05, 0.1) is 23.1 Å². The molecule has 144 valence electrons. The quantitative estimate of drug-likeness (QED) is 0.448. The molecule has 5 rings (SSSR count). The molecule has 29 heavy (non-hydrogen) atoms. The van der Waals surface area contributed by atoms with Gasteiger partial charge in [-0.3, -0.25) is 4.79 Å². The monoisotopic (exact) mass is 418 g/mol. The van der Waals surface area contributed by atoms with Gasteiger partial charge in [-0.15, -0.1) is 0 Å². The molecule has 0 saturated carbocycles. The number of benzene rings is 1. The molecule has 1 aliphatic rings. The predicted molar refractivity (Wildman–Crippen MR) is 118 cm³/mol. The van der Waals surface area contributed by atoms with Crippen LogP contribution in [0.5, 0.6) is 0 Å². The lowest BCUT2D eigenvalue weighted by Gasteiger charge is -2.20. The van der Waals surface area contributed by atoms with Crippen molar-refractivity contribution in [3.63, 3.8) is 0 Å². The van der Waals surface area contributed by atoms with Crippen molar-refractivity contribution in [1.82, 2.24) is 14.8 Å². The Morgan fingerprint density at radius 2 is 1.76 bits per heavy atom. The first-order valence-corrected chi connectivity index (χ1v) is 11.2. The van der Waals surface area contributed by atoms with Crippen LogP contribution < -0.4 is 0 Å². The van der Waals surface area contributed by atoms with Gasteiger partial charge in [-0.05, 0) is 40.4 Å². The summed E-state index contributed by atoms with van der Waals surface area (Å²) in [5, 5.41) is 19.4. The van der Waals surface area contributed by atoms with Crippen molar-refractivity contribution in [2.45, 2.75) is 19.4 Å². The molecule has 4 heterocycles. The van der Waals surface area contributed by atoms with Crippen LogP contribution in [0.25, 0.3) is 16.9 Å². The maximum absolute atomic E-state index is 12.4. The van der Waals surface area contributed by atoms with E-state index in [9.17, 15) is 4.79 Å². The van der Waals surface area contributed by atoms with E-state index >= 15 is 0 Å². The first kappa shape index (κ1) is 18.0. The third-order valence-electron chi connectivity index (χ3n) is 5.00. The number of amides is 1. The maximum atomic E-state index is 12.4. The number of carbonyl (C=O) groups is 1. The summed E-state index contributed by atoms with van der Waals surface area (Å²) in [7, 11) is 0. The highest BCUT2D eigenvalue weighted by Crippen LogP contribution is 2.38. The van der Waals surface area contributed by atoms with Crippen LogP contribution in [0.4, 0.5) is 0 Å². The minimum atomic E-state index is -0.172. The second kappa shape index (κ2) is 7.42. The second-order valence-corrected chi connectivity index (χ2v) is 8.43. The summed E-state index contributed by atoms with van der Waals surface area (Å²) in [6.07, 6.45) is 2.71. The highest BCUT2D eigenvalue weighted by Gasteiger charge is 2.34. The van der Waals surface area contributed by atoms with Gasteiger partial charge in [0.25, 0.3) is 0 Å². The van der Waals surface area contributed by atoms with Crippen molar-refractivity contribution >= 4 is 34.3 Å². The van der Waals surface area contributed by atoms with E-state index in [0.29, 0.717) is 6.42 Å². The maximum Gasteiger partial charge on any atom is 0.240 e. The molecule has 0 bridgehead atoms. The number of aromatic nitrogens is 2. The van der Waals surface area contributed by atoms with Gasteiger partial charge >= 0.3 is 0 Å². The molecule has 0 saturated heterocycles. The van der Waals surface area contributed by atoms with Crippen LogP contribution in [0.2, 0.25) is 0 Å². The summed E-state index contributed by atoms with van der Waals surface area (Å²) in [5.41, 5.74) is 5.98. The van der Waals surface area contributed by atoms with Crippen LogP contribution in [0.1, 0.15) is 30.5 Å². The molecular formula is C22H18N4OS2. The molecule has 3 aromatic heterocycles. The van der Waals surface area contributed by atoms with E-state index in [4.69, 9.17) is 5.10 Å². The molecule has 1 atom stereocenters. The molecule has 1 aliphatic heterocycles. The van der Waals surface area contributed by atoms with Gasteiger partial charge in [0.15, 0.2) is 0 Å². The molecular weight excluding hydrogens is 400 g/mol. The molecule has 0 aliphatic carbocycles. The summed E-state index contributed by atoms with van der Waals surface area (Å²) in [4.78, 5) is 12.4. The Labute approximate surface area is 176 Å². The highest BCUT2D eigenvalue weighted by atomic mass is 32.1. The van der Waals surface area contributed by atoms with Gasteiger partial charge < -0.3 is 0 Å². The largest absolute Gasteiger partial charge is 0.273 e. The Balaban J connectivity index is 1.61. The number of nitrogens with zero attached hydrogens (tertiary/aromatic N) is 4. The summed E-state index contributed by atoms with van der Waals surface area (Å²) in [5.74, 6) is -0.0658. The van der Waals surface area contributed by atoms with Crippen LogP contribution in [0, 0.1) is 0 Å². The van der Waals surface area contributed by atoms with Crippen LogP contribution in [0.15, 0.2) is 75.3 Å². The molecule has 4 aromatic rings. The van der Waals surface area contributed by atoms with Crippen LogP contribution >= 0.6 is 22.7 Å². The molecule has 0 fully saturated rings. The van der Waals surface area contributed by atoms with E-state index in [1.54, 1.807) is 34.6 Å². The molecule has 0 N–H and O–H groups in total. The molecule has 5 nitrogen and oxygen atoms in total. The fourth-order valence-electron chi connectivity index (χ4n) is 3.61. The number of rotatable bonds is 4. The third-order valence-corrected chi connectivity index (χ3v) is 6.37.